The molecule has 0 aliphatic carbocycles. The molecule has 1 atom stereocenters. The van der Waals surface area contributed by atoms with Crippen molar-refractivity contribution in [2.45, 2.75) is 40.5 Å². The van der Waals surface area contributed by atoms with Crippen molar-refractivity contribution < 1.29 is 13.9 Å². The van der Waals surface area contributed by atoms with Crippen LogP contribution in [0.2, 0.25) is 0 Å². The van der Waals surface area contributed by atoms with Gasteiger partial charge < -0.3 is 4.74 Å². The van der Waals surface area contributed by atoms with Crippen molar-refractivity contribution in [3.05, 3.63) is 70.8 Å². The summed E-state index contributed by atoms with van der Waals surface area (Å²) in [6, 6.07) is 10.7. The van der Waals surface area contributed by atoms with E-state index in [9.17, 15) is 9.18 Å². The number of hydrogen-bond acceptors (Lipinski definition) is 3. The van der Waals surface area contributed by atoms with E-state index in [0.717, 1.165) is 22.4 Å². The van der Waals surface area contributed by atoms with Gasteiger partial charge in [0, 0.05) is 18.2 Å². The average Bonchev–Trinajstić information content (AvgIpc) is 2.58. The Morgan fingerprint density at radius 2 is 2.00 bits per heavy atom. The molecule has 0 aromatic heterocycles. The number of hydrogen-bond donors (Lipinski definition) is 0. The van der Waals surface area contributed by atoms with Crippen molar-refractivity contribution in [3.8, 4) is 5.75 Å². The molecule has 0 spiro atoms. The van der Waals surface area contributed by atoms with Gasteiger partial charge in [0.1, 0.15) is 5.75 Å². The molecule has 26 heavy (non-hydrogen) atoms. The molecule has 0 bridgehead atoms. The normalized spacial score (nSPS) is 12.2. The van der Waals surface area contributed by atoms with Crippen LogP contribution in [0.5, 0.6) is 5.75 Å². The number of halogens is 1. The van der Waals surface area contributed by atoms with Gasteiger partial charge in [-0.3, -0.25) is 9.79 Å². The lowest BCUT2D eigenvalue weighted by Gasteiger charge is -2.12. The third-order valence-corrected chi connectivity index (χ3v) is 4.00. The largest absolute Gasteiger partial charge is 0.457 e. The molecule has 0 saturated carbocycles. The van der Waals surface area contributed by atoms with Crippen LogP contribution in [-0.4, -0.2) is 18.4 Å². The molecule has 0 heterocycles. The van der Waals surface area contributed by atoms with E-state index in [1.54, 1.807) is 31.3 Å². The van der Waals surface area contributed by atoms with Crippen LogP contribution < -0.4 is 4.74 Å². The molecule has 1 unspecified atom stereocenters. The van der Waals surface area contributed by atoms with Crippen molar-refractivity contribution in [3.63, 3.8) is 0 Å². The summed E-state index contributed by atoms with van der Waals surface area (Å²) in [6.07, 6.45) is 0.396. The molecule has 0 radical (unpaired) electrons. The molecule has 3 nitrogen and oxygen atoms in total. The van der Waals surface area contributed by atoms with E-state index in [1.807, 2.05) is 39.0 Å². The number of Topliss-reactive ketones (excluding diaryl/α,β-unsaturated/α-hetero) is 1. The predicted molar refractivity (Wildman–Crippen MR) is 105 cm³/mol. The predicted octanol–water partition coefficient (Wildman–Crippen LogP) is 5.70. The number of carbonyl (C=O) groups excluding carboxylic acids is 1. The van der Waals surface area contributed by atoms with Crippen molar-refractivity contribution in [1.29, 1.82) is 0 Å². The highest BCUT2D eigenvalue weighted by atomic mass is 19.1. The van der Waals surface area contributed by atoms with E-state index in [4.69, 9.17) is 4.74 Å². The lowest BCUT2D eigenvalue weighted by atomic mass is 9.96. The van der Waals surface area contributed by atoms with Gasteiger partial charge in [-0.1, -0.05) is 18.7 Å². The Kier molecular flexibility index (Phi) is 6.45. The molecule has 0 aliphatic heterocycles. The van der Waals surface area contributed by atoms with E-state index in [-0.39, 0.29) is 12.2 Å². The van der Waals surface area contributed by atoms with Gasteiger partial charge in [0.05, 0.1) is 5.69 Å². The summed E-state index contributed by atoms with van der Waals surface area (Å²) in [7, 11) is 0. The van der Waals surface area contributed by atoms with Crippen LogP contribution in [0.4, 0.5) is 10.1 Å². The first-order valence-electron chi connectivity index (χ1n) is 8.50. The molecule has 0 aliphatic rings. The van der Waals surface area contributed by atoms with Gasteiger partial charge in [-0.05, 0) is 74.2 Å². The topological polar surface area (TPSA) is 38.7 Å². The van der Waals surface area contributed by atoms with E-state index >= 15 is 0 Å². The van der Waals surface area contributed by atoms with Crippen LogP contribution in [0.15, 0.2) is 53.5 Å². The number of ketones is 1. The zero-order valence-corrected chi connectivity index (χ0v) is 15.7. The molecule has 0 amide bonds. The summed E-state index contributed by atoms with van der Waals surface area (Å²) in [5.41, 5.74) is 4.46. The lowest BCUT2D eigenvalue weighted by Crippen LogP contribution is -2.11. The van der Waals surface area contributed by atoms with Crippen LogP contribution >= 0.6 is 0 Å². The molecular weight excluding hydrogens is 329 g/mol. The summed E-state index contributed by atoms with van der Waals surface area (Å²) in [6.45, 7) is 10.8. The van der Waals surface area contributed by atoms with Crippen LogP contribution in [0.1, 0.15) is 40.9 Å². The zero-order chi connectivity index (χ0) is 19.3. The minimum Gasteiger partial charge on any atom is -0.457 e. The maximum absolute atomic E-state index is 13.7. The Hall–Kier alpha value is -2.75. The van der Waals surface area contributed by atoms with Gasteiger partial charge in [-0.2, -0.15) is 4.39 Å². The first-order chi connectivity index (χ1) is 12.3. The monoisotopic (exact) mass is 353 g/mol. The number of rotatable bonds is 7. The van der Waals surface area contributed by atoms with E-state index in [1.165, 1.54) is 0 Å². The zero-order valence-electron chi connectivity index (χ0n) is 15.7. The molecule has 2 aromatic carbocycles. The second-order valence-corrected chi connectivity index (χ2v) is 6.37. The minimum atomic E-state index is -1.56. The summed E-state index contributed by atoms with van der Waals surface area (Å²) in [5, 5.41) is 0. The quantitative estimate of drug-likeness (QED) is 0.364. The summed E-state index contributed by atoms with van der Waals surface area (Å²) in [5.74, 6) is 0.387. The molecule has 0 saturated heterocycles. The Bertz CT molecular complexity index is 855. The van der Waals surface area contributed by atoms with Gasteiger partial charge in [0.15, 0.2) is 5.78 Å². The number of alkyl halides is 1. The van der Waals surface area contributed by atoms with Crippen molar-refractivity contribution in [1.82, 2.24) is 0 Å². The first-order valence-corrected chi connectivity index (χ1v) is 8.50. The fourth-order valence-electron chi connectivity index (χ4n) is 2.61. The summed E-state index contributed by atoms with van der Waals surface area (Å²) < 4.78 is 18.9. The molecule has 4 heteroatoms. The SMILES string of the molecule is C=C(C)C(F)Oc1cccc(CC(=O)c2cc(C)c(/N=C/C)cc2C)c1. The van der Waals surface area contributed by atoms with Gasteiger partial charge in [-0.15, -0.1) is 0 Å². The van der Waals surface area contributed by atoms with Gasteiger partial charge in [0.25, 0.3) is 6.36 Å². The lowest BCUT2D eigenvalue weighted by molar-refractivity contribution is 0.0991. The summed E-state index contributed by atoms with van der Waals surface area (Å²) >= 11 is 0. The van der Waals surface area contributed by atoms with Crippen molar-refractivity contribution in [2.75, 3.05) is 0 Å². The molecule has 0 fully saturated rings. The average molecular weight is 353 g/mol. The van der Waals surface area contributed by atoms with Gasteiger partial charge >= 0.3 is 0 Å². The fourth-order valence-corrected chi connectivity index (χ4v) is 2.61. The van der Waals surface area contributed by atoms with Crippen LogP contribution in [-0.2, 0) is 6.42 Å². The van der Waals surface area contributed by atoms with Crippen molar-refractivity contribution >= 4 is 17.7 Å². The van der Waals surface area contributed by atoms with Crippen LogP contribution in [0, 0.1) is 13.8 Å². The molecular formula is C22H24FNO2. The number of aliphatic imine (C=N–C) groups is 1. The second kappa shape index (κ2) is 8.56. The maximum atomic E-state index is 13.7. The Balaban J connectivity index is 2.20. The fraction of sp³-hybridized carbons (Fsp3) is 0.273. The summed E-state index contributed by atoms with van der Waals surface area (Å²) in [4.78, 5) is 17.0. The van der Waals surface area contributed by atoms with Crippen LogP contribution in [0.25, 0.3) is 0 Å². The van der Waals surface area contributed by atoms with E-state index < -0.39 is 6.36 Å². The highest BCUT2D eigenvalue weighted by Crippen LogP contribution is 2.25. The second-order valence-electron chi connectivity index (χ2n) is 6.37. The Labute approximate surface area is 154 Å². The first kappa shape index (κ1) is 19.6. The Morgan fingerprint density at radius 1 is 1.27 bits per heavy atom. The third kappa shape index (κ3) is 4.88. The third-order valence-electron chi connectivity index (χ3n) is 4.00. The van der Waals surface area contributed by atoms with Gasteiger partial charge in [-0.25, -0.2) is 0 Å². The number of carbonyl (C=O) groups is 1. The van der Waals surface area contributed by atoms with E-state index in [2.05, 4.69) is 11.6 Å². The molecule has 2 rings (SSSR count). The highest BCUT2D eigenvalue weighted by Gasteiger charge is 2.14. The molecule has 136 valence electrons. The minimum absolute atomic E-state index is 0.00600. The smallest absolute Gasteiger partial charge is 0.259 e. The number of aryl methyl sites for hydroxylation is 2. The Morgan fingerprint density at radius 3 is 2.65 bits per heavy atom. The highest BCUT2D eigenvalue weighted by molar-refractivity contribution is 5.99. The number of nitrogens with zero attached hydrogens (tertiary/aromatic N) is 1. The van der Waals surface area contributed by atoms with Crippen LogP contribution in [0.3, 0.4) is 0 Å². The number of benzene rings is 2. The van der Waals surface area contributed by atoms with E-state index in [0.29, 0.717) is 16.9 Å². The molecule has 2 aromatic rings. The standard InChI is InChI=1S/C22H24FNO2/c1-6-24-20-11-15(4)19(10-16(20)5)21(25)13-17-8-7-9-18(12-17)26-22(23)14(2)3/h6-12,22H,2,13H2,1,3-5H3/b24-6+. The van der Waals surface area contributed by atoms with Crippen molar-refractivity contribution in [2.24, 2.45) is 4.99 Å². The molecule has 0 N–H and O–H groups in total. The number of ether oxygens (including phenoxy) is 1. The maximum Gasteiger partial charge on any atom is 0.259 e. The van der Waals surface area contributed by atoms with Gasteiger partial charge in [0.2, 0.25) is 0 Å².